The Morgan fingerprint density at radius 1 is 0.714 bits per heavy atom. The molecule has 21 heavy (non-hydrogen) atoms. The van der Waals surface area contributed by atoms with Crippen molar-refractivity contribution in [3.8, 4) is 0 Å². The molecule has 102 valence electrons. The van der Waals surface area contributed by atoms with Crippen molar-refractivity contribution in [3.05, 3.63) is 59.7 Å². The van der Waals surface area contributed by atoms with E-state index in [1.54, 1.807) is 12.2 Å². The molecule has 4 nitrogen and oxygen atoms in total. The summed E-state index contributed by atoms with van der Waals surface area (Å²) >= 11 is 0. The van der Waals surface area contributed by atoms with Crippen molar-refractivity contribution in [2.45, 2.75) is 18.3 Å². The van der Waals surface area contributed by atoms with E-state index in [1.165, 1.54) is 11.1 Å². The van der Waals surface area contributed by atoms with Crippen LogP contribution in [0.4, 0.5) is 11.4 Å². The summed E-state index contributed by atoms with van der Waals surface area (Å²) < 4.78 is 0. The first kappa shape index (κ1) is 13.2. The molecule has 0 heterocycles. The maximum atomic E-state index is 10.2. The number of hydrogen-bond acceptors (Lipinski definition) is 4. The molecule has 0 atom stereocenters. The van der Waals surface area contributed by atoms with E-state index in [0.29, 0.717) is 11.4 Å². The van der Waals surface area contributed by atoms with E-state index < -0.39 is 0 Å². The van der Waals surface area contributed by atoms with Gasteiger partial charge >= 0.3 is 0 Å². The molecule has 0 amide bonds. The largest absolute Gasteiger partial charge is 0.240 e. The van der Waals surface area contributed by atoms with Crippen LogP contribution in [0.15, 0.2) is 58.5 Å². The molecule has 2 aromatic carbocycles. The van der Waals surface area contributed by atoms with Crippen LogP contribution in [-0.4, -0.2) is 12.2 Å². The van der Waals surface area contributed by atoms with Crippen molar-refractivity contribution in [3.63, 3.8) is 0 Å². The Morgan fingerprint density at radius 2 is 1.10 bits per heavy atom. The average Bonchev–Trinajstić information content (AvgIpc) is 3.31. The van der Waals surface area contributed by atoms with Crippen molar-refractivity contribution in [2.75, 3.05) is 0 Å². The molecular formula is C17H12N2O2. The van der Waals surface area contributed by atoms with Gasteiger partial charge < -0.3 is 0 Å². The van der Waals surface area contributed by atoms with Gasteiger partial charge in [-0.1, -0.05) is 24.3 Å². The highest BCUT2D eigenvalue weighted by molar-refractivity contribution is 5.55. The third-order valence-electron chi connectivity index (χ3n) is 3.94. The van der Waals surface area contributed by atoms with Crippen LogP contribution in [-0.2, 0) is 15.0 Å². The Kier molecular flexibility index (Phi) is 3.33. The van der Waals surface area contributed by atoms with Crippen LogP contribution in [0.5, 0.6) is 0 Å². The lowest BCUT2D eigenvalue weighted by atomic mass is 9.88. The third kappa shape index (κ3) is 2.46. The van der Waals surface area contributed by atoms with Gasteiger partial charge in [-0.2, -0.15) is 9.98 Å². The van der Waals surface area contributed by atoms with Gasteiger partial charge in [0.1, 0.15) is 0 Å². The van der Waals surface area contributed by atoms with E-state index >= 15 is 0 Å². The predicted octanol–water partition coefficient (Wildman–Crippen LogP) is 3.70. The van der Waals surface area contributed by atoms with Gasteiger partial charge in [0.05, 0.1) is 11.4 Å². The van der Waals surface area contributed by atoms with Gasteiger partial charge in [-0.15, -0.1) is 0 Å². The highest BCUT2D eigenvalue weighted by Crippen LogP contribution is 2.53. The molecule has 0 aliphatic heterocycles. The molecule has 4 heteroatoms. The van der Waals surface area contributed by atoms with Crippen LogP contribution in [0.25, 0.3) is 0 Å². The minimum atomic E-state index is 0.0346. The second-order valence-electron chi connectivity index (χ2n) is 5.08. The number of nitrogens with zero attached hydrogens (tertiary/aromatic N) is 2. The number of carbonyl (C=O) groups excluding carboxylic acids is 2. The first-order chi connectivity index (χ1) is 10.3. The van der Waals surface area contributed by atoms with Crippen molar-refractivity contribution >= 4 is 23.5 Å². The van der Waals surface area contributed by atoms with Gasteiger partial charge in [0.25, 0.3) is 0 Å². The Bertz CT molecular complexity index is 683. The van der Waals surface area contributed by atoms with Crippen molar-refractivity contribution in [1.82, 2.24) is 0 Å². The SMILES string of the molecule is O=C=Nc1ccc(C2(c3ccc(N=C=O)cc3)CC2)cc1. The number of rotatable bonds is 4. The first-order valence-electron chi connectivity index (χ1n) is 6.65. The molecule has 1 saturated carbocycles. The number of aliphatic imine (C=N–C) groups is 2. The summed E-state index contributed by atoms with van der Waals surface area (Å²) in [6.07, 6.45) is 5.25. The lowest BCUT2D eigenvalue weighted by Crippen LogP contribution is -2.07. The smallest absolute Gasteiger partial charge is 0.211 e. The topological polar surface area (TPSA) is 58.9 Å². The van der Waals surface area contributed by atoms with Crippen LogP contribution in [0.3, 0.4) is 0 Å². The van der Waals surface area contributed by atoms with Crippen LogP contribution < -0.4 is 0 Å². The van der Waals surface area contributed by atoms with E-state index in [1.807, 2.05) is 48.5 Å². The van der Waals surface area contributed by atoms with E-state index in [2.05, 4.69) is 9.98 Å². The highest BCUT2D eigenvalue weighted by atomic mass is 16.1. The normalized spacial score (nSPS) is 14.7. The highest BCUT2D eigenvalue weighted by Gasteiger charge is 2.45. The van der Waals surface area contributed by atoms with Gasteiger partial charge in [0.15, 0.2) is 0 Å². The second kappa shape index (κ2) is 5.29. The molecule has 0 aromatic heterocycles. The fraction of sp³-hybridized carbons (Fsp3) is 0.176. The molecule has 0 unspecified atom stereocenters. The molecule has 2 aromatic rings. The molecule has 1 aliphatic rings. The minimum Gasteiger partial charge on any atom is -0.211 e. The maximum Gasteiger partial charge on any atom is 0.240 e. The predicted molar refractivity (Wildman–Crippen MR) is 78.5 cm³/mol. The summed E-state index contributed by atoms with van der Waals surface area (Å²) in [5.41, 5.74) is 3.67. The summed E-state index contributed by atoms with van der Waals surface area (Å²) in [5, 5.41) is 0. The van der Waals surface area contributed by atoms with Gasteiger partial charge in [0, 0.05) is 5.41 Å². The zero-order valence-corrected chi connectivity index (χ0v) is 11.2. The Balaban J connectivity index is 1.93. The van der Waals surface area contributed by atoms with E-state index in [-0.39, 0.29) is 5.41 Å². The maximum absolute atomic E-state index is 10.2. The van der Waals surface area contributed by atoms with E-state index in [0.717, 1.165) is 12.8 Å². The second-order valence-corrected chi connectivity index (χ2v) is 5.08. The molecule has 0 bridgehead atoms. The Labute approximate surface area is 121 Å². The molecule has 0 N–H and O–H groups in total. The van der Waals surface area contributed by atoms with Gasteiger partial charge in [0.2, 0.25) is 12.2 Å². The van der Waals surface area contributed by atoms with Gasteiger partial charge in [-0.25, -0.2) is 9.59 Å². The van der Waals surface area contributed by atoms with Crippen LogP contribution >= 0.6 is 0 Å². The van der Waals surface area contributed by atoms with Crippen LogP contribution in [0.2, 0.25) is 0 Å². The Morgan fingerprint density at radius 3 is 1.38 bits per heavy atom. The fourth-order valence-corrected chi connectivity index (χ4v) is 2.68. The molecule has 0 saturated heterocycles. The zero-order chi connectivity index (χ0) is 14.7. The first-order valence-corrected chi connectivity index (χ1v) is 6.65. The molecule has 3 rings (SSSR count). The van der Waals surface area contributed by atoms with Gasteiger partial charge in [-0.05, 0) is 48.2 Å². The monoisotopic (exact) mass is 276 g/mol. The minimum absolute atomic E-state index is 0.0346. The molecule has 1 aliphatic carbocycles. The summed E-state index contributed by atoms with van der Waals surface area (Å²) in [5.74, 6) is 0. The van der Waals surface area contributed by atoms with Crippen molar-refractivity contribution in [2.24, 2.45) is 9.98 Å². The quantitative estimate of drug-likeness (QED) is 0.631. The van der Waals surface area contributed by atoms with Gasteiger partial charge in [-0.3, -0.25) is 0 Å². The van der Waals surface area contributed by atoms with E-state index in [9.17, 15) is 9.59 Å². The fourth-order valence-electron chi connectivity index (χ4n) is 2.68. The summed E-state index contributed by atoms with van der Waals surface area (Å²) in [7, 11) is 0. The number of hydrogen-bond donors (Lipinski definition) is 0. The van der Waals surface area contributed by atoms with Crippen molar-refractivity contribution in [1.29, 1.82) is 0 Å². The molecular weight excluding hydrogens is 264 g/mol. The van der Waals surface area contributed by atoms with Crippen LogP contribution in [0.1, 0.15) is 24.0 Å². The molecule has 0 spiro atoms. The zero-order valence-electron chi connectivity index (χ0n) is 11.2. The molecule has 1 fully saturated rings. The van der Waals surface area contributed by atoms with E-state index in [4.69, 9.17) is 0 Å². The number of benzene rings is 2. The average molecular weight is 276 g/mol. The standard InChI is InChI=1S/C17H12N2O2/c20-11-18-15-5-1-13(2-6-15)17(9-10-17)14-3-7-16(8-4-14)19-12-21/h1-8H,9-10H2. The van der Waals surface area contributed by atoms with Crippen LogP contribution in [0, 0.1) is 0 Å². The summed E-state index contributed by atoms with van der Waals surface area (Å²) in [6.45, 7) is 0. The summed E-state index contributed by atoms with van der Waals surface area (Å²) in [4.78, 5) is 27.7. The Hall–Kier alpha value is -2.80. The van der Waals surface area contributed by atoms with Crippen molar-refractivity contribution < 1.29 is 9.59 Å². The lowest BCUT2D eigenvalue weighted by Gasteiger charge is -2.16. The number of isocyanates is 2. The third-order valence-corrected chi connectivity index (χ3v) is 3.94. The summed E-state index contributed by atoms with van der Waals surface area (Å²) in [6, 6.07) is 15.3. The lowest BCUT2D eigenvalue weighted by molar-refractivity contribution is 0.564. The molecule has 0 radical (unpaired) electrons.